The number of amides is 2. The minimum Gasteiger partial charge on any atom is -0.507 e. The predicted molar refractivity (Wildman–Crippen MR) is 117 cm³/mol. The van der Waals surface area contributed by atoms with Gasteiger partial charge >= 0.3 is 0 Å². The van der Waals surface area contributed by atoms with Crippen molar-refractivity contribution in [1.82, 2.24) is 16.2 Å². The first-order valence-electron chi connectivity index (χ1n) is 9.31. The highest BCUT2D eigenvalue weighted by Crippen LogP contribution is 2.20. The molecule has 0 aliphatic heterocycles. The highest BCUT2D eigenvalue weighted by atomic mass is 19.1. The first kappa shape index (κ1) is 21.3. The normalized spacial score (nSPS) is 10.8. The molecule has 156 valence electrons. The molecule has 0 spiro atoms. The van der Waals surface area contributed by atoms with Gasteiger partial charge in [-0.3, -0.25) is 20.4 Å². The number of hydrazine groups is 1. The molecule has 0 radical (unpaired) electrons. The SMILES string of the molecule is C=C(NNC(=O)/C(=C\c1ccc(F)cc1)NC(=O)c1ccccc1)c1ccccc1O. The molecule has 0 unspecified atom stereocenters. The zero-order chi connectivity index (χ0) is 22.2. The third-order valence-electron chi connectivity index (χ3n) is 4.27. The number of carbonyl (C=O) groups excluding carboxylic acids is 2. The maximum absolute atomic E-state index is 13.2. The zero-order valence-electron chi connectivity index (χ0n) is 16.4. The Bertz CT molecular complexity index is 1130. The molecule has 3 rings (SSSR count). The molecule has 0 fully saturated rings. The summed E-state index contributed by atoms with van der Waals surface area (Å²) >= 11 is 0. The summed E-state index contributed by atoms with van der Waals surface area (Å²) in [6.45, 7) is 3.78. The summed E-state index contributed by atoms with van der Waals surface area (Å²) in [4.78, 5) is 25.3. The summed E-state index contributed by atoms with van der Waals surface area (Å²) in [5.74, 6) is -1.57. The number of phenolic OH excluding ortho intramolecular Hbond substituents is 1. The van der Waals surface area contributed by atoms with Gasteiger partial charge < -0.3 is 10.4 Å². The van der Waals surface area contributed by atoms with Gasteiger partial charge in [-0.25, -0.2) is 4.39 Å². The molecule has 6 nitrogen and oxygen atoms in total. The number of benzene rings is 3. The standard InChI is InChI=1S/C24H20FN3O3/c1-16(20-9-5-6-10-22(20)29)27-28-24(31)21(15-17-11-13-19(25)14-12-17)26-23(30)18-7-3-2-4-8-18/h2-15,27,29H,1H2,(H,26,30)(H,28,31)/b21-15+. The Kier molecular flexibility index (Phi) is 6.80. The van der Waals surface area contributed by atoms with E-state index in [1.807, 2.05) is 0 Å². The van der Waals surface area contributed by atoms with Gasteiger partial charge in [0.1, 0.15) is 17.3 Å². The Morgan fingerprint density at radius 2 is 1.52 bits per heavy atom. The van der Waals surface area contributed by atoms with Crippen LogP contribution in [0.5, 0.6) is 5.75 Å². The lowest BCUT2D eigenvalue weighted by molar-refractivity contribution is -0.118. The van der Waals surface area contributed by atoms with Crippen LogP contribution in [0.1, 0.15) is 21.5 Å². The van der Waals surface area contributed by atoms with Crippen molar-refractivity contribution in [2.75, 3.05) is 0 Å². The molecular weight excluding hydrogens is 397 g/mol. The Hall–Kier alpha value is -4.39. The molecule has 0 bridgehead atoms. The molecule has 0 heterocycles. The number of aromatic hydroxyl groups is 1. The molecular formula is C24H20FN3O3. The van der Waals surface area contributed by atoms with Crippen molar-refractivity contribution in [1.29, 1.82) is 0 Å². The van der Waals surface area contributed by atoms with Gasteiger partial charge in [0, 0.05) is 11.1 Å². The van der Waals surface area contributed by atoms with E-state index in [1.165, 1.54) is 36.4 Å². The van der Waals surface area contributed by atoms with Crippen LogP contribution in [0.25, 0.3) is 11.8 Å². The Labute approximate surface area is 178 Å². The van der Waals surface area contributed by atoms with Crippen LogP contribution in [0.4, 0.5) is 4.39 Å². The Morgan fingerprint density at radius 3 is 2.19 bits per heavy atom. The number of para-hydroxylation sites is 1. The van der Waals surface area contributed by atoms with Crippen LogP contribution in [0.3, 0.4) is 0 Å². The average Bonchev–Trinajstić information content (AvgIpc) is 2.79. The van der Waals surface area contributed by atoms with E-state index in [-0.39, 0.29) is 17.1 Å². The van der Waals surface area contributed by atoms with Crippen molar-refractivity contribution in [3.63, 3.8) is 0 Å². The van der Waals surface area contributed by atoms with Gasteiger partial charge in [0.2, 0.25) is 0 Å². The number of carbonyl (C=O) groups is 2. The third kappa shape index (κ3) is 5.80. The first-order chi connectivity index (χ1) is 14.9. The highest BCUT2D eigenvalue weighted by Gasteiger charge is 2.15. The summed E-state index contributed by atoms with van der Waals surface area (Å²) in [6.07, 6.45) is 1.42. The minimum atomic E-state index is -0.662. The number of hydrogen-bond donors (Lipinski definition) is 4. The minimum absolute atomic E-state index is 0.00583. The van der Waals surface area contributed by atoms with Crippen molar-refractivity contribution in [2.45, 2.75) is 0 Å². The van der Waals surface area contributed by atoms with Crippen LogP contribution in [-0.2, 0) is 4.79 Å². The molecule has 0 saturated carbocycles. The molecule has 0 aliphatic carbocycles. The number of phenols is 1. The van der Waals surface area contributed by atoms with Gasteiger partial charge in [0.05, 0.1) is 5.70 Å². The van der Waals surface area contributed by atoms with E-state index in [4.69, 9.17) is 0 Å². The quantitative estimate of drug-likeness (QED) is 0.349. The van der Waals surface area contributed by atoms with Gasteiger partial charge in [0.15, 0.2) is 0 Å². The third-order valence-corrected chi connectivity index (χ3v) is 4.27. The summed E-state index contributed by atoms with van der Waals surface area (Å²) in [7, 11) is 0. The smallest absolute Gasteiger partial charge is 0.286 e. The molecule has 0 aliphatic rings. The summed E-state index contributed by atoms with van der Waals surface area (Å²) in [5.41, 5.74) is 6.53. The van der Waals surface area contributed by atoms with Gasteiger partial charge in [-0.05, 0) is 48.0 Å². The zero-order valence-corrected chi connectivity index (χ0v) is 16.4. The second kappa shape index (κ2) is 9.89. The maximum Gasteiger partial charge on any atom is 0.286 e. The fraction of sp³-hybridized carbons (Fsp3) is 0. The molecule has 2 amide bonds. The number of halogens is 1. The van der Waals surface area contributed by atoms with E-state index in [0.29, 0.717) is 16.7 Å². The summed E-state index contributed by atoms with van der Waals surface area (Å²) in [6, 6.07) is 20.3. The molecule has 4 N–H and O–H groups in total. The topological polar surface area (TPSA) is 90.5 Å². The van der Waals surface area contributed by atoms with Crippen LogP contribution >= 0.6 is 0 Å². The Balaban J connectivity index is 1.78. The number of hydrogen-bond acceptors (Lipinski definition) is 4. The van der Waals surface area contributed by atoms with Gasteiger partial charge in [0.25, 0.3) is 11.8 Å². The monoisotopic (exact) mass is 417 g/mol. The van der Waals surface area contributed by atoms with Crippen molar-refractivity contribution < 1.29 is 19.1 Å². The molecule has 0 aromatic heterocycles. The van der Waals surface area contributed by atoms with Crippen molar-refractivity contribution in [3.8, 4) is 5.75 Å². The van der Waals surface area contributed by atoms with E-state index in [1.54, 1.807) is 48.5 Å². The van der Waals surface area contributed by atoms with Gasteiger partial charge in [-0.1, -0.05) is 49.0 Å². The first-order valence-corrected chi connectivity index (χ1v) is 9.31. The second-order valence-corrected chi connectivity index (χ2v) is 6.50. The molecule has 7 heteroatoms. The van der Waals surface area contributed by atoms with Crippen LogP contribution < -0.4 is 16.2 Å². The fourth-order valence-electron chi connectivity index (χ4n) is 2.66. The van der Waals surface area contributed by atoms with E-state index >= 15 is 0 Å². The summed E-state index contributed by atoms with van der Waals surface area (Å²) in [5, 5.41) is 12.5. The van der Waals surface area contributed by atoms with Crippen LogP contribution in [-0.4, -0.2) is 16.9 Å². The molecule has 0 saturated heterocycles. The van der Waals surface area contributed by atoms with Crippen molar-refractivity contribution in [2.24, 2.45) is 0 Å². The van der Waals surface area contributed by atoms with Gasteiger partial charge in [-0.2, -0.15) is 0 Å². The van der Waals surface area contributed by atoms with Crippen LogP contribution in [0.2, 0.25) is 0 Å². The number of rotatable bonds is 7. The average molecular weight is 417 g/mol. The summed E-state index contributed by atoms with van der Waals surface area (Å²) < 4.78 is 13.2. The second-order valence-electron chi connectivity index (χ2n) is 6.50. The lowest BCUT2D eigenvalue weighted by Crippen LogP contribution is -2.41. The Morgan fingerprint density at radius 1 is 0.871 bits per heavy atom. The van der Waals surface area contributed by atoms with E-state index in [2.05, 4.69) is 22.7 Å². The van der Waals surface area contributed by atoms with Crippen molar-refractivity contribution >= 4 is 23.6 Å². The van der Waals surface area contributed by atoms with E-state index in [0.717, 1.165) is 0 Å². The maximum atomic E-state index is 13.2. The largest absolute Gasteiger partial charge is 0.507 e. The highest BCUT2D eigenvalue weighted by molar-refractivity contribution is 6.05. The van der Waals surface area contributed by atoms with Crippen molar-refractivity contribution in [3.05, 3.63) is 114 Å². The van der Waals surface area contributed by atoms with Gasteiger partial charge in [-0.15, -0.1) is 0 Å². The molecule has 31 heavy (non-hydrogen) atoms. The van der Waals surface area contributed by atoms with Crippen LogP contribution in [0.15, 0.2) is 91.1 Å². The van der Waals surface area contributed by atoms with Crippen LogP contribution in [0, 0.1) is 5.82 Å². The molecule has 3 aromatic carbocycles. The lowest BCUT2D eigenvalue weighted by Gasteiger charge is -2.15. The lowest BCUT2D eigenvalue weighted by atomic mass is 10.1. The fourth-order valence-corrected chi connectivity index (χ4v) is 2.66. The molecule has 0 atom stereocenters. The predicted octanol–water partition coefficient (Wildman–Crippen LogP) is 3.59. The van der Waals surface area contributed by atoms with E-state index in [9.17, 15) is 19.1 Å². The number of nitrogens with one attached hydrogen (secondary N) is 3. The molecule has 3 aromatic rings. The van der Waals surface area contributed by atoms with E-state index < -0.39 is 17.6 Å².